The standard InChI is InChI=1S/C20H23F2N5O2/c1-12(26-18(28)13-2-3-14(21)15(22)10-13)19(29)27-8-5-20(6-9-27)17-16(4-7-25-20)23-11-24-17/h2-3,10-12,25H,4-9H2,1H3,(H,23,24)(H,26,28). The maximum Gasteiger partial charge on any atom is 0.252 e. The molecule has 29 heavy (non-hydrogen) atoms. The van der Waals surface area contributed by atoms with Crippen LogP contribution in [0.4, 0.5) is 8.78 Å². The Labute approximate surface area is 166 Å². The Bertz CT molecular complexity index is 937. The lowest BCUT2D eigenvalue weighted by Crippen LogP contribution is -2.57. The zero-order valence-corrected chi connectivity index (χ0v) is 16.1. The monoisotopic (exact) mass is 403 g/mol. The van der Waals surface area contributed by atoms with Gasteiger partial charge in [0.1, 0.15) is 6.04 Å². The molecule has 1 fully saturated rings. The number of H-pyrrole nitrogens is 1. The molecule has 2 aromatic rings. The zero-order valence-electron chi connectivity index (χ0n) is 16.1. The van der Waals surface area contributed by atoms with E-state index in [1.54, 1.807) is 18.2 Å². The van der Waals surface area contributed by atoms with E-state index >= 15 is 0 Å². The molecule has 0 saturated carbocycles. The number of carbonyl (C=O) groups excluding carboxylic acids is 2. The van der Waals surface area contributed by atoms with Crippen LogP contribution in [0.15, 0.2) is 24.5 Å². The maximum atomic E-state index is 13.3. The van der Waals surface area contributed by atoms with Gasteiger partial charge >= 0.3 is 0 Å². The fourth-order valence-corrected chi connectivity index (χ4v) is 4.21. The number of carbonyl (C=O) groups is 2. The number of aromatic nitrogens is 2. The lowest BCUT2D eigenvalue weighted by Gasteiger charge is -2.44. The third kappa shape index (κ3) is 3.62. The molecule has 2 aliphatic rings. The number of nitrogens with one attached hydrogen (secondary N) is 3. The first-order valence-electron chi connectivity index (χ1n) is 9.72. The summed E-state index contributed by atoms with van der Waals surface area (Å²) in [6, 6.07) is 2.13. The quantitative estimate of drug-likeness (QED) is 0.724. The van der Waals surface area contributed by atoms with Crippen LogP contribution in [0.1, 0.15) is 41.5 Å². The van der Waals surface area contributed by atoms with E-state index in [1.165, 1.54) is 6.07 Å². The molecule has 1 spiro atoms. The van der Waals surface area contributed by atoms with Gasteiger partial charge in [0.25, 0.3) is 5.91 Å². The third-order valence-corrected chi connectivity index (χ3v) is 5.84. The molecule has 1 aromatic heterocycles. The number of amides is 2. The van der Waals surface area contributed by atoms with E-state index in [4.69, 9.17) is 0 Å². The highest BCUT2D eigenvalue weighted by atomic mass is 19.2. The van der Waals surface area contributed by atoms with Crippen molar-refractivity contribution in [1.29, 1.82) is 0 Å². The van der Waals surface area contributed by atoms with Crippen molar-refractivity contribution >= 4 is 11.8 Å². The molecular formula is C20H23F2N5O2. The second kappa shape index (κ2) is 7.55. The van der Waals surface area contributed by atoms with Gasteiger partial charge in [0.2, 0.25) is 5.91 Å². The zero-order chi connectivity index (χ0) is 20.6. The smallest absolute Gasteiger partial charge is 0.252 e. The number of imidazole rings is 1. The predicted molar refractivity (Wildman–Crippen MR) is 101 cm³/mol. The van der Waals surface area contributed by atoms with Gasteiger partial charge in [-0.2, -0.15) is 0 Å². The van der Waals surface area contributed by atoms with E-state index in [-0.39, 0.29) is 17.0 Å². The first-order valence-corrected chi connectivity index (χ1v) is 9.72. The summed E-state index contributed by atoms with van der Waals surface area (Å²) in [5.41, 5.74) is 1.94. The first-order chi connectivity index (χ1) is 13.9. The second-order valence-electron chi connectivity index (χ2n) is 7.64. The lowest BCUT2D eigenvalue weighted by molar-refractivity contribution is -0.134. The summed E-state index contributed by atoms with van der Waals surface area (Å²) >= 11 is 0. The summed E-state index contributed by atoms with van der Waals surface area (Å²) in [5, 5.41) is 6.14. The van der Waals surface area contributed by atoms with E-state index in [0.29, 0.717) is 13.1 Å². The largest absolute Gasteiger partial charge is 0.348 e. The molecule has 2 aliphatic heterocycles. The number of hydrogen-bond donors (Lipinski definition) is 3. The highest BCUT2D eigenvalue weighted by Gasteiger charge is 2.42. The predicted octanol–water partition coefficient (Wildman–Crippen LogP) is 1.47. The molecule has 0 aliphatic carbocycles. The summed E-state index contributed by atoms with van der Waals surface area (Å²) < 4.78 is 26.4. The molecule has 0 radical (unpaired) electrons. The molecule has 0 bridgehead atoms. The Morgan fingerprint density at radius 2 is 2.00 bits per heavy atom. The van der Waals surface area contributed by atoms with Crippen LogP contribution in [0.3, 0.4) is 0 Å². The number of fused-ring (bicyclic) bond motifs is 2. The number of piperidine rings is 1. The van der Waals surface area contributed by atoms with Crippen LogP contribution in [0.25, 0.3) is 0 Å². The molecule has 1 unspecified atom stereocenters. The van der Waals surface area contributed by atoms with Gasteiger partial charge in [-0.25, -0.2) is 13.8 Å². The van der Waals surface area contributed by atoms with Crippen molar-refractivity contribution in [3.8, 4) is 0 Å². The number of benzene rings is 1. The maximum absolute atomic E-state index is 13.3. The van der Waals surface area contributed by atoms with Gasteiger partial charge in [-0.15, -0.1) is 0 Å². The van der Waals surface area contributed by atoms with Gasteiger partial charge in [-0.3, -0.25) is 9.59 Å². The van der Waals surface area contributed by atoms with E-state index < -0.39 is 23.6 Å². The van der Waals surface area contributed by atoms with Gasteiger partial charge in [-0.05, 0) is 38.0 Å². The Morgan fingerprint density at radius 3 is 2.72 bits per heavy atom. The van der Waals surface area contributed by atoms with Crippen molar-refractivity contribution < 1.29 is 18.4 Å². The molecule has 1 aromatic carbocycles. The van der Waals surface area contributed by atoms with Crippen LogP contribution in [-0.2, 0) is 16.8 Å². The fourth-order valence-electron chi connectivity index (χ4n) is 4.21. The van der Waals surface area contributed by atoms with Crippen LogP contribution in [0.2, 0.25) is 0 Å². The topological polar surface area (TPSA) is 90.1 Å². The van der Waals surface area contributed by atoms with E-state index in [2.05, 4.69) is 20.6 Å². The van der Waals surface area contributed by atoms with Gasteiger partial charge < -0.3 is 20.5 Å². The molecular weight excluding hydrogens is 380 g/mol. The molecule has 9 heteroatoms. The van der Waals surface area contributed by atoms with Gasteiger partial charge in [0, 0.05) is 37.3 Å². The number of likely N-dealkylation sites (tertiary alicyclic amines) is 1. The van der Waals surface area contributed by atoms with E-state index in [1.807, 2.05) is 0 Å². The third-order valence-electron chi connectivity index (χ3n) is 5.84. The lowest BCUT2D eigenvalue weighted by atomic mass is 9.80. The number of aromatic amines is 1. The molecule has 4 rings (SSSR count). The number of hydrogen-bond acceptors (Lipinski definition) is 4. The molecule has 7 nitrogen and oxygen atoms in total. The van der Waals surface area contributed by atoms with E-state index in [9.17, 15) is 18.4 Å². The van der Waals surface area contributed by atoms with Crippen molar-refractivity contribution in [3.63, 3.8) is 0 Å². The number of halogens is 2. The average Bonchev–Trinajstić information content (AvgIpc) is 3.20. The second-order valence-corrected chi connectivity index (χ2v) is 7.64. The molecule has 2 amide bonds. The van der Waals surface area contributed by atoms with Crippen molar-refractivity contribution in [2.75, 3.05) is 19.6 Å². The number of rotatable bonds is 3. The highest BCUT2D eigenvalue weighted by molar-refractivity contribution is 5.97. The summed E-state index contributed by atoms with van der Waals surface area (Å²) in [6.45, 7) is 3.55. The molecule has 3 N–H and O–H groups in total. The average molecular weight is 403 g/mol. The SMILES string of the molecule is CC(NC(=O)c1ccc(F)c(F)c1)C(=O)N1CCC2(CC1)NCCc1[nH]cnc12. The summed E-state index contributed by atoms with van der Waals surface area (Å²) in [5.74, 6) is -2.94. The summed E-state index contributed by atoms with van der Waals surface area (Å²) in [7, 11) is 0. The molecule has 3 heterocycles. The molecule has 154 valence electrons. The van der Waals surface area contributed by atoms with Crippen LogP contribution < -0.4 is 10.6 Å². The summed E-state index contributed by atoms with van der Waals surface area (Å²) in [4.78, 5) is 34.5. The highest BCUT2D eigenvalue weighted by Crippen LogP contribution is 2.35. The van der Waals surface area contributed by atoms with Crippen LogP contribution in [0.5, 0.6) is 0 Å². The van der Waals surface area contributed by atoms with Gasteiger partial charge in [-0.1, -0.05) is 0 Å². The van der Waals surface area contributed by atoms with Gasteiger partial charge in [0.15, 0.2) is 11.6 Å². The fraction of sp³-hybridized carbons (Fsp3) is 0.450. The van der Waals surface area contributed by atoms with Crippen molar-refractivity contribution in [2.24, 2.45) is 0 Å². The normalized spacial score (nSPS) is 18.9. The molecule has 1 atom stereocenters. The van der Waals surface area contributed by atoms with Gasteiger partial charge in [0.05, 0.1) is 17.6 Å². The van der Waals surface area contributed by atoms with Crippen molar-refractivity contribution in [3.05, 3.63) is 53.1 Å². The van der Waals surface area contributed by atoms with Crippen molar-refractivity contribution in [1.82, 2.24) is 25.5 Å². The Balaban J connectivity index is 1.37. The minimum Gasteiger partial charge on any atom is -0.348 e. The number of nitrogens with zero attached hydrogens (tertiary/aromatic N) is 2. The minimum absolute atomic E-state index is 0.0291. The Morgan fingerprint density at radius 1 is 1.24 bits per heavy atom. The molecule has 1 saturated heterocycles. The first kappa shape index (κ1) is 19.5. The van der Waals surface area contributed by atoms with Crippen LogP contribution in [0, 0.1) is 11.6 Å². The van der Waals surface area contributed by atoms with Crippen molar-refractivity contribution in [2.45, 2.75) is 37.8 Å². The Kier molecular flexibility index (Phi) is 5.08. The van der Waals surface area contributed by atoms with Crippen LogP contribution in [-0.4, -0.2) is 52.4 Å². The minimum atomic E-state index is -1.10. The van der Waals surface area contributed by atoms with Crippen LogP contribution >= 0.6 is 0 Å². The van der Waals surface area contributed by atoms with E-state index in [0.717, 1.165) is 49.3 Å². The summed E-state index contributed by atoms with van der Waals surface area (Å²) in [6.07, 6.45) is 4.10. The Hall–Kier alpha value is -2.81.